The van der Waals surface area contributed by atoms with Crippen LogP contribution in [0.15, 0.2) is 18.2 Å². The van der Waals surface area contributed by atoms with E-state index in [0.717, 1.165) is 32.7 Å². The predicted molar refractivity (Wildman–Crippen MR) is 112 cm³/mol. The van der Waals surface area contributed by atoms with Crippen LogP contribution in [0.1, 0.15) is 12.5 Å². The molecule has 2 fully saturated rings. The largest absolute Gasteiger partial charge is 0.339 e. The Morgan fingerprint density at radius 3 is 2.56 bits per heavy atom. The van der Waals surface area contributed by atoms with Crippen LogP contribution >= 0.6 is 36.4 Å². The van der Waals surface area contributed by atoms with Crippen LogP contribution in [-0.4, -0.2) is 79.0 Å². The quantitative estimate of drug-likeness (QED) is 0.778. The lowest BCUT2D eigenvalue weighted by Crippen LogP contribution is -2.55. The summed E-state index contributed by atoms with van der Waals surface area (Å²) in [4.78, 5) is 18.9. The van der Waals surface area contributed by atoms with E-state index in [1.807, 2.05) is 4.90 Å². The summed E-state index contributed by atoms with van der Waals surface area (Å²) < 4.78 is 13.9. The van der Waals surface area contributed by atoms with Gasteiger partial charge in [0.05, 0.1) is 6.54 Å². The Labute approximate surface area is 178 Å². The van der Waals surface area contributed by atoms with Gasteiger partial charge in [-0.1, -0.05) is 17.7 Å². The summed E-state index contributed by atoms with van der Waals surface area (Å²) in [6, 6.07) is 5.17. The summed E-state index contributed by atoms with van der Waals surface area (Å²) in [5, 5.41) is 3.80. The fourth-order valence-electron chi connectivity index (χ4n) is 3.45. The van der Waals surface area contributed by atoms with Crippen molar-refractivity contribution in [3.8, 4) is 0 Å². The monoisotopic (exact) mass is 440 g/mol. The zero-order valence-electron chi connectivity index (χ0n) is 15.5. The summed E-state index contributed by atoms with van der Waals surface area (Å²) in [6.45, 7) is 8.77. The summed E-state index contributed by atoms with van der Waals surface area (Å²) in [5.74, 6) is -0.0731. The third-order valence-corrected chi connectivity index (χ3v) is 5.50. The van der Waals surface area contributed by atoms with Crippen LogP contribution in [0.25, 0.3) is 0 Å². The summed E-state index contributed by atoms with van der Waals surface area (Å²) >= 11 is 6.11. The predicted octanol–water partition coefficient (Wildman–Crippen LogP) is 2.26. The van der Waals surface area contributed by atoms with Crippen LogP contribution < -0.4 is 5.32 Å². The number of nitrogens with one attached hydrogen (secondary N) is 1. The lowest BCUT2D eigenvalue weighted by molar-refractivity contribution is -0.135. The van der Waals surface area contributed by atoms with Gasteiger partial charge in [0.15, 0.2) is 0 Å². The average Bonchev–Trinajstić information content (AvgIpc) is 2.61. The van der Waals surface area contributed by atoms with Crippen LogP contribution in [0.3, 0.4) is 0 Å². The van der Waals surface area contributed by atoms with Gasteiger partial charge in [0.2, 0.25) is 5.91 Å². The SMILES string of the molecule is C[C@H]1CNCCN1CC(=O)N1CCN(Cc2c(F)cccc2Cl)CC1.Cl.Cl. The van der Waals surface area contributed by atoms with Crippen LogP contribution in [0.5, 0.6) is 0 Å². The molecule has 2 saturated heterocycles. The zero-order chi connectivity index (χ0) is 17.8. The topological polar surface area (TPSA) is 38.8 Å². The molecule has 0 unspecified atom stereocenters. The van der Waals surface area contributed by atoms with Crippen molar-refractivity contribution in [3.63, 3.8) is 0 Å². The number of carbonyl (C=O) groups excluding carboxylic acids is 1. The number of piperazine rings is 2. The van der Waals surface area contributed by atoms with Crippen LogP contribution in [0.2, 0.25) is 5.02 Å². The first kappa shape index (κ1) is 24.4. The highest BCUT2D eigenvalue weighted by Gasteiger charge is 2.26. The molecule has 2 aliphatic rings. The van der Waals surface area contributed by atoms with Gasteiger partial charge in [0, 0.05) is 69.0 Å². The standard InChI is InChI=1S/C18H26ClFN4O.2ClH/c1-14-11-21-5-6-24(14)13-18(25)23-9-7-22(8-10-23)12-15-16(19)3-2-4-17(15)20;;/h2-4,14,21H,5-13H2,1H3;2*1H/t14-;;/m0../s1. The molecule has 0 aromatic heterocycles. The highest BCUT2D eigenvalue weighted by atomic mass is 35.5. The van der Waals surface area contributed by atoms with Gasteiger partial charge in [-0.15, -0.1) is 24.8 Å². The molecule has 5 nitrogen and oxygen atoms in total. The second-order valence-corrected chi connectivity index (χ2v) is 7.29. The minimum atomic E-state index is -0.265. The molecule has 0 saturated carbocycles. The molecule has 0 bridgehead atoms. The van der Waals surface area contributed by atoms with Crippen LogP contribution in [-0.2, 0) is 11.3 Å². The maximum Gasteiger partial charge on any atom is 0.236 e. The number of amides is 1. The summed E-state index contributed by atoms with van der Waals surface area (Å²) in [5.41, 5.74) is 0.540. The van der Waals surface area contributed by atoms with Gasteiger partial charge in [0.25, 0.3) is 0 Å². The highest BCUT2D eigenvalue weighted by Crippen LogP contribution is 2.21. The van der Waals surface area contributed by atoms with Crippen molar-refractivity contribution in [2.45, 2.75) is 19.5 Å². The number of hydrogen-bond donors (Lipinski definition) is 1. The molecule has 1 amide bonds. The fraction of sp³-hybridized carbons (Fsp3) is 0.611. The number of nitrogens with zero attached hydrogens (tertiary/aromatic N) is 3. The lowest BCUT2D eigenvalue weighted by atomic mass is 10.1. The van der Waals surface area contributed by atoms with Crippen LogP contribution in [0, 0.1) is 5.82 Å². The molecule has 154 valence electrons. The molecule has 2 heterocycles. The Morgan fingerprint density at radius 2 is 1.93 bits per heavy atom. The van der Waals surface area contributed by atoms with E-state index in [2.05, 4.69) is 22.0 Å². The highest BCUT2D eigenvalue weighted by molar-refractivity contribution is 6.31. The van der Waals surface area contributed by atoms with Gasteiger partial charge in [-0.3, -0.25) is 14.6 Å². The number of hydrogen-bond acceptors (Lipinski definition) is 4. The molecule has 1 atom stereocenters. The molecule has 27 heavy (non-hydrogen) atoms. The van der Waals surface area contributed by atoms with Gasteiger partial charge >= 0.3 is 0 Å². The molecule has 0 aliphatic carbocycles. The molecule has 2 aliphatic heterocycles. The summed E-state index contributed by atoms with van der Waals surface area (Å²) in [6.07, 6.45) is 0. The maximum absolute atomic E-state index is 13.9. The summed E-state index contributed by atoms with van der Waals surface area (Å²) in [7, 11) is 0. The van der Waals surface area contributed by atoms with E-state index < -0.39 is 0 Å². The zero-order valence-corrected chi connectivity index (χ0v) is 17.9. The first-order valence-electron chi connectivity index (χ1n) is 8.92. The molecule has 1 aromatic rings. The van der Waals surface area contributed by atoms with Crippen molar-refractivity contribution in [3.05, 3.63) is 34.6 Å². The molecule has 0 radical (unpaired) electrons. The smallest absolute Gasteiger partial charge is 0.236 e. The third kappa shape index (κ3) is 6.44. The molecular weight excluding hydrogens is 414 g/mol. The number of rotatable bonds is 4. The number of halogens is 4. The van der Waals surface area contributed by atoms with Gasteiger partial charge in [-0.25, -0.2) is 4.39 Å². The second-order valence-electron chi connectivity index (χ2n) is 6.88. The van der Waals surface area contributed by atoms with E-state index in [9.17, 15) is 9.18 Å². The molecule has 3 rings (SSSR count). The van der Waals surface area contributed by atoms with Gasteiger partial charge in [-0.05, 0) is 19.1 Å². The number of carbonyl (C=O) groups is 1. The van der Waals surface area contributed by atoms with E-state index in [1.165, 1.54) is 6.07 Å². The van der Waals surface area contributed by atoms with E-state index in [0.29, 0.717) is 42.8 Å². The van der Waals surface area contributed by atoms with Crippen molar-refractivity contribution in [1.29, 1.82) is 0 Å². The van der Waals surface area contributed by atoms with Crippen molar-refractivity contribution in [1.82, 2.24) is 20.0 Å². The van der Waals surface area contributed by atoms with E-state index in [4.69, 9.17) is 11.6 Å². The Balaban J connectivity index is 0.00000182. The minimum Gasteiger partial charge on any atom is -0.339 e. The van der Waals surface area contributed by atoms with E-state index in [-0.39, 0.29) is 36.5 Å². The third-order valence-electron chi connectivity index (χ3n) is 5.15. The van der Waals surface area contributed by atoms with Crippen molar-refractivity contribution in [2.24, 2.45) is 0 Å². The lowest BCUT2D eigenvalue weighted by Gasteiger charge is -2.38. The normalized spacial score (nSPS) is 21.3. The first-order valence-corrected chi connectivity index (χ1v) is 9.30. The molecule has 9 heteroatoms. The Morgan fingerprint density at radius 1 is 1.22 bits per heavy atom. The van der Waals surface area contributed by atoms with E-state index >= 15 is 0 Å². The van der Waals surface area contributed by atoms with Crippen molar-refractivity contribution < 1.29 is 9.18 Å². The first-order chi connectivity index (χ1) is 12.0. The fourth-order valence-corrected chi connectivity index (χ4v) is 3.68. The van der Waals surface area contributed by atoms with Crippen LogP contribution in [0.4, 0.5) is 4.39 Å². The molecule has 1 N–H and O–H groups in total. The Hall–Kier alpha value is -0.630. The van der Waals surface area contributed by atoms with Gasteiger partial charge in [0.1, 0.15) is 5.82 Å². The molecular formula is C18H28Cl3FN4O. The van der Waals surface area contributed by atoms with Gasteiger partial charge in [-0.2, -0.15) is 0 Å². The number of benzene rings is 1. The second kappa shape index (κ2) is 11.4. The minimum absolute atomic E-state index is 0. The van der Waals surface area contributed by atoms with Gasteiger partial charge < -0.3 is 10.2 Å². The Bertz CT molecular complexity index is 594. The van der Waals surface area contributed by atoms with Crippen molar-refractivity contribution in [2.75, 3.05) is 52.4 Å². The molecule has 1 aromatic carbocycles. The average molecular weight is 442 g/mol. The maximum atomic E-state index is 13.9. The van der Waals surface area contributed by atoms with E-state index in [1.54, 1.807) is 12.1 Å². The van der Waals surface area contributed by atoms with Crippen molar-refractivity contribution >= 4 is 42.3 Å². The molecule has 0 spiro atoms. The Kier molecular flexibility index (Phi) is 10.3.